The lowest BCUT2D eigenvalue weighted by Gasteiger charge is -2.13. The van der Waals surface area contributed by atoms with Crippen molar-refractivity contribution in [2.45, 2.75) is 24.3 Å². The van der Waals surface area contributed by atoms with Crippen molar-refractivity contribution in [2.75, 3.05) is 0 Å². The van der Waals surface area contributed by atoms with Gasteiger partial charge >= 0.3 is 0 Å². The van der Waals surface area contributed by atoms with E-state index in [1.165, 1.54) is 0 Å². The van der Waals surface area contributed by atoms with Gasteiger partial charge in [0.1, 0.15) is 0 Å². The highest BCUT2D eigenvalue weighted by atomic mass is 32.2. The standard InChI is InChI=1S/C14H14N2O2S/c1-3-5-11(2)16-19(17,18)14-7-4-6-12-10-15-9-8-13(12)14/h1,4,6-11,16H,5H2,2H3. The van der Waals surface area contributed by atoms with Crippen LogP contribution in [0.3, 0.4) is 0 Å². The summed E-state index contributed by atoms with van der Waals surface area (Å²) in [5.74, 6) is 2.44. The van der Waals surface area contributed by atoms with Crippen LogP contribution in [0.4, 0.5) is 0 Å². The summed E-state index contributed by atoms with van der Waals surface area (Å²) in [5.41, 5.74) is 0. The van der Waals surface area contributed by atoms with Crippen molar-refractivity contribution in [3.63, 3.8) is 0 Å². The summed E-state index contributed by atoms with van der Waals surface area (Å²) >= 11 is 0. The smallest absolute Gasteiger partial charge is 0.241 e. The Balaban J connectivity index is 2.47. The van der Waals surface area contributed by atoms with Crippen LogP contribution in [0.25, 0.3) is 10.8 Å². The Morgan fingerprint density at radius 1 is 1.42 bits per heavy atom. The Labute approximate surface area is 112 Å². The third-order valence-electron chi connectivity index (χ3n) is 2.71. The van der Waals surface area contributed by atoms with E-state index in [0.29, 0.717) is 11.8 Å². The van der Waals surface area contributed by atoms with Crippen molar-refractivity contribution < 1.29 is 8.42 Å². The molecule has 0 bridgehead atoms. The van der Waals surface area contributed by atoms with Crippen LogP contribution in [0.2, 0.25) is 0 Å². The van der Waals surface area contributed by atoms with Gasteiger partial charge in [0.05, 0.1) is 4.90 Å². The third kappa shape index (κ3) is 2.92. The van der Waals surface area contributed by atoms with Crippen LogP contribution in [-0.4, -0.2) is 19.4 Å². The molecule has 4 nitrogen and oxygen atoms in total. The van der Waals surface area contributed by atoms with E-state index in [0.717, 1.165) is 5.39 Å². The van der Waals surface area contributed by atoms with Crippen LogP contribution in [0, 0.1) is 12.3 Å². The molecule has 2 rings (SSSR count). The molecule has 0 radical (unpaired) electrons. The van der Waals surface area contributed by atoms with Gasteiger partial charge in [0, 0.05) is 35.6 Å². The van der Waals surface area contributed by atoms with Crippen molar-refractivity contribution >= 4 is 20.8 Å². The van der Waals surface area contributed by atoms with E-state index in [4.69, 9.17) is 6.42 Å². The van der Waals surface area contributed by atoms with E-state index in [2.05, 4.69) is 15.6 Å². The monoisotopic (exact) mass is 274 g/mol. The highest BCUT2D eigenvalue weighted by molar-refractivity contribution is 7.89. The van der Waals surface area contributed by atoms with Gasteiger partial charge in [-0.15, -0.1) is 12.3 Å². The Hall–Kier alpha value is -1.90. The third-order valence-corrected chi connectivity index (χ3v) is 4.36. The van der Waals surface area contributed by atoms with Crippen LogP contribution in [0.1, 0.15) is 13.3 Å². The second kappa shape index (κ2) is 5.39. The van der Waals surface area contributed by atoms with Crippen LogP contribution >= 0.6 is 0 Å². The van der Waals surface area contributed by atoms with Crippen LogP contribution in [0.15, 0.2) is 41.6 Å². The number of fused-ring (bicyclic) bond motifs is 1. The molecule has 98 valence electrons. The molecule has 5 heteroatoms. The molecule has 0 spiro atoms. The summed E-state index contributed by atoms with van der Waals surface area (Å²) in [6.45, 7) is 1.74. The molecule has 0 aliphatic rings. The average molecular weight is 274 g/mol. The Kier molecular flexibility index (Phi) is 3.84. The predicted octanol–water partition coefficient (Wildman–Crippen LogP) is 1.92. The van der Waals surface area contributed by atoms with Crippen molar-refractivity contribution in [1.29, 1.82) is 0 Å². The molecule has 0 aliphatic carbocycles. The van der Waals surface area contributed by atoms with E-state index in [-0.39, 0.29) is 10.9 Å². The molecular weight excluding hydrogens is 260 g/mol. The normalized spacial score (nSPS) is 13.1. The first-order valence-electron chi connectivity index (χ1n) is 5.83. The molecule has 1 unspecified atom stereocenters. The van der Waals surface area contributed by atoms with E-state index < -0.39 is 10.0 Å². The second-order valence-corrected chi connectivity index (χ2v) is 5.97. The van der Waals surface area contributed by atoms with E-state index in [1.54, 1.807) is 37.5 Å². The minimum Gasteiger partial charge on any atom is -0.264 e. The number of terminal acetylenes is 1. The largest absolute Gasteiger partial charge is 0.264 e. The summed E-state index contributed by atoms with van der Waals surface area (Å²) < 4.78 is 27.2. The van der Waals surface area contributed by atoms with E-state index >= 15 is 0 Å². The molecule has 0 saturated carbocycles. The van der Waals surface area contributed by atoms with Gasteiger partial charge in [0.2, 0.25) is 10.0 Å². The molecule has 1 aromatic carbocycles. The van der Waals surface area contributed by atoms with Gasteiger partial charge in [-0.3, -0.25) is 4.98 Å². The number of sulfonamides is 1. The quantitative estimate of drug-likeness (QED) is 0.867. The molecular formula is C14H14N2O2S. The first-order valence-corrected chi connectivity index (χ1v) is 7.31. The van der Waals surface area contributed by atoms with E-state index in [1.807, 2.05) is 6.07 Å². The number of nitrogens with zero attached hydrogens (tertiary/aromatic N) is 1. The van der Waals surface area contributed by atoms with Gasteiger partial charge in [0.15, 0.2) is 0 Å². The molecule has 1 N–H and O–H groups in total. The maximum absolute atomic E-state index is 12.3. The van der Waals surface area contributed by atoms with Gasteiger partial charge in [-0.2, -0.15) is 0 Å². The molecule has 0 amide bonds. The molecule has 2 aromatic rings. The summed E-state index contributed by atoms with van der Waals surface area (Å²) in [6.07, 6.45) is 8.75. The zero-order chi connectivity index (χ0) is 13.9. The molecule has 0 saturated heterocycles. The highest BCUT2D eigenvalue weighted by Gasteiger charge is 2.19. The van der Waals surface area contributed by atoms with Crippen molar-refractivity contribution in [2.24, 2.45) is 0 Å². The van der Waals surface area contributed by atoms with Gasteiger partial charge in [-0.25, -0.2) is 13.1 Å². The first-order chi connectivity index (χ1) is 9.04. The maximum Gasteiger partial charge on any atom is 0.241 e. The van der Waals surface area contributed by atoms with Crippen molar-refractivity contribution in [1.82, 2.24) is 9.71 Å². The molecule has 0 fully saturated rings. The molecule has 0 aliphatic heterocycles. The lowest BCUT2D eigenvalue weighted by Crippen LogP contribution is -2.32. The van der Waals surface area contributed by atoms with Crippen LogP contribution < -0.4 is 4.72 Å². The minimum atomic E-state index is -3.58. The number of hydrogen-bond acceptors (Lipinski definition) is 3. The first kappa shape index (κ1) is 13.5. The fourth-order valence-electron chi connectivity index (χ4n) is 1.87. The van der Waals surface area contributed by atoms with Crippen LogP contribution in [0.5, 0.6) is 0 Å². The predicted molar refractivity (Wildman–Crippen MR) is 75.0 cm³/mol. The van der Waals surface area contributed by atoms with Crippen molar-refractivity contribution in [3.05, 3.63) is 36.7 Å². The summed E-state index contributed by atoms with van der Waals surface area (Å²) in [4.78, 5) is 4.23. The van der Waals surface area contributed by atoms with Crippen LogP contribution in [-0.2, 0) is 10.0 Å². The average Bonchev–Trinajstić information content (AvgIpc) is 2.37. The Morgan fingerprint density at radius 2 is 2.21 bits per heavy atom. The fraction of sp³-hybridized carbons (Fsp3) is 0.214. The minimum absolute atomic E-state index is 0.247. The topological polar surface area (TPSA) is 59.1 Å². The lowest BCUT2D eigenvalue weighted by atomic mass is 10.2. The van der Waals surface area contributed by atoms with Gasteiger partial charge in [0.25, 0.3) is 0 Å². The number of pyridine rings is 1. The SMILES string of the molecule is C#CCC(C)NS(=O)(=O)c1cccc2cnccc12. The number of aromatic nitrogens is 1. The molecule has 19 heavy (non-hydrogen) atoms. The van der Waals surface area contributed by atoms with Gasteiger partial charge in [-0.1, -0.05) is 12.1 Å². The number of nitrogens with one attached hydrogen (secondary N) is 1. The number of rotatable bonds is 4. The molecule has 1 atom stereocenters. The summed E-state index contributed by atoms with van der Waals surface area (Å²) in [5, 5.41) is 1.44. The summed E-state index contributed by atoms with van der Waals surface area (Å²) in [7, 11) is -3.58. The zero-order valence-corrected chi connectivity index (χ0v) is 11.3. The Morgan fingerprint density at radius 3 is 2.95 bits per heavy atom. The van der Waals surface area contributed by atoms with Crippen molar-refractivity contribution in [3.8, 4) is 12.3 Å². The molecule has 1 heterocycles. The summed E-state index contributed by atoms with van der Waals surface area (Å²) in [6, 6.07) is 6.49. The lowest BCUT2D eigenvalue weighted by molar-refractivity contribution is 0.564. The zero-order valence-electron chi connectivity index (χ0n) is 10.5. The molecule has 1 aromatic heterocycles. The highest BCUT2D eigenvalue weighted by Crippen LogP contribution is 2.22. The number of benzene rings is 1. The second-order valence-electron chi connectivity index (χ2n) is 4.28. The Bertz CT molecular complexity index is 727. The van der Waals surface area contributed by atoms with Gasteiger partial charge in [-0.05, 0) is 19.1 Å². The van der Waals surface area contributed by atoms with E-state index in [9.17, 15) is 8.42 Å². The fourth-order valence-corrected chi connectivity index (χ4v) is 3.35. The number of hydrogen-bond donors (Lipinski definition) is 1. The van der Waals surface area contributed by atoms with Gasteiger partial charge < -0.3 is 0 Å². The maximum atomic E-state index is 12.3.